The van der Waals surface area contributed by atoms with E-state index in [0.717, 1.165) is 19.3 Å². The van der Waals surface area contributed by atoms with Gasteiger partial charge in [-0.05, 0) is 19.3 Å². The molecule has 0 radical (unpaired) electrons. The number of hydrogen-bond donors (Lipinski definition) is 1. The number of alkyl halides is 1. The van der Waals surface area contributed by atoms with Gasteiger partial charge >= 0.3 is 12.2 Å². The minimum Gasteiger partial charge on any atom is -0.465 e. The zero-order valence-corrected chi connectivity index (χ0v) is 10.2. The summed E-state index contributed by atoms with van der Waals surface area (Å²) in [5.41, 5.74) is 0. The van der Waals surface area contributed by atoms with Gasteiger partial charge in [0.1, 0.15) is 0 Å². The van der Waals surface area contributed by atoms with E-state index in [0.29, 0.717) is 13.0 Å². The van der Waals surface area contributed by atoms with Gasteiger partial charge in [0, 0.05) is 19.0 Å². The van der Waals surface area contributed by atoms with E-state index in [1.165, 1.54) is 4.90 Å². The molecule has 0 aromatic rings. The lowest BCUT2D eigenvalue weighted by Crippen LogP contribution is -2.43. The highest BCUT2D eigenvalue weighted by molar-refractivity contribution is 6.17. The highest BCUT2D eigenvalue weighted by atomic mass is 35.5. The molecular weight excluding hydrogens is 250 g/mol. The van der Waals surface area contributed by atoms with Gasteiger partial charge < -0.3 is 19.5 Å². The Bertz CT molecular complexity index is 273. The number of amides is 1. The molecule has 7 heteroatoms. The van der Waals surface area contributed by atoms with Gasteiger partial charge in [0.15, 0.2) is 6.07 Å². The first-order valence-electron chi connectivity index (χ1n) is 5.50. The summed E-state index contributed by atoms with van der Waals surface area (Å²) in [6.07, 6.45) is 1.44. The number of piperidine rings is 1. The first-order chi connectivity index (χ1) is 8.15. The van der Waals surface area contributed by atoms with Crippen LogP contribution >= 0.6 is 11.6 Å². The molecule has 1 aliphatic heterocycles. The second kappa shape index (κ2) is 7.21. The maximum Gasteiger partial charge on any atom is 0.509 e. The molecule has 6 nitrogen and oxygen atoms in total. The third-order valence-electron chi connectivity index (χ3n) is 2.72. The molecule has 98 valence electrons. The highest BCUT2D eigenvalue weighted by Gasteiger charge is 2.26. The SMILES string of the molecule is O=C(OCCl)OCCC1CCCCN1C(=O)O. The summed E-state index contributed by atoms with van der Waals surface area (Å²) >= 11 is 5.18. The van der Waals surface area contributed by atoms with E-state index in [1.807, 2.05) is 0 Å². The van der Waals surface area contributed by atoms with Crippen LogP contribution in [-0.4, -0.2) is 47.5 Å². The second-order valence-corrected chi connectivity index (χ2v) is 3.98. The van der Waals surface area contributed by atoms with Crippen molar-refractivity contribution in [2.75, 3.05) is 19.2 Å². The maximum absolute atomic E-state index is 10.9. The van der Waals surface area contributed by atoms with Gasteiger partial charge in [-0.2, -0.15) is 0 Å². The van der Waals surface area contributed by atoms with Gasteiger partial charge in [-0.1, -0.05) is 11.6 Å². The van der Waals surface area contributed by atoms with Crippen molar-refractivity contribution in [3.8, 4) is 0 Å². The molecule has 0 spiro atoms. The number of halogens is 1. The minimum atomic E-state index is -0.918. The average molecular weight is 266 g/mol. The van der Waals surface area contributed by atoms with Crippen LogP contribution in [0.2, 0.25) is 0 Å². The largest absolute Gasteiger partial charge is 0.509 e. The molecule has 1 fully saturated rings. The lowest BCUT2D eigenvalue weighted by Gasteiger charge is -2.33. The fraction of sp³-hybridized carbons (Fsp3) is 0.800. The molecule has 0 aromatic heterocycles. The summed E-state index contributed by atoms with van der Waals surface area (Å²) in [6, 6.07) is -0.325. The monoisotopic (exact) mass is 265 g/mol. The minimum absolute atomic E-state index is 0.0787. The lowest BCUT2D eigenvalue weighted by atomic mass is 10.0. The Balaban J connectivity index is 2.28. The number of nitrogens with zero attached hydrogens (tertiary/aromatic N) is 1. The van der Waals surface area contributed by atoms with Crippen LogP contribution in [0.15, 0.2) is 0 Å². The second-order valence-electron chi connectivity index (χ2n) is 3.77. The number of ether oxygens (including phenoxy) is 2. The van der Waals surface area contributed by atoms with Crippen LogP contribution in [0.4, 0.5) is 9.59 Å². The topological polar surface area (TPSA) is 76.1 Å². The Labute approximate surface area is 104 Å². The summed E-state index contributed by atoms with van der Waals surface area (Å²) in [5.74, 6) is 0. The van der Waals surface area contributed by atoms with Crippen molar-refractivity contribution in [2.45, 2.75) is 31.7 Å². The summed E-state index contributed by atoms with van der Waals surface area (Å²) in [5, 5.41) is 8.98. The normalized spacial score (nSPS) is 19.8. The average Bonchev–Trinajstić information content (AvgIpc) is 2.30. The number of carbonyl (C=O) groups excluding carboxylic acids is 1. The van der Waals surface area contributed by atoms with Crippen LogP contribution in [0, 0.1) is 0 Å². The van der Waals surface area contributed by atoms with Crippen molar-refractivity contribution in [1.82, 2.24) is 4.90 Å². The van der Waals surface area contributed by atoms with Crippen molar-refractivity contribution >= 4 is 23.8 Å². The summed E-state index contributed by atoms with van der Waals surface area (Å²) in [4.78, 5) is 23.2. The van der Waals surface area contributed by atoms with Crippen molar-refractivity contribution in [3.05, 3.63) is 0 Å². The zero-order valence-electron chi connectivity index (χ0n) is 9.43. The maximum atomic E-state index is 10.9. The lowest BCUT2D eigenvalue weighted by molar-refractivity contribution is 0.0534. The van der Waals surface area contributed by atoms with Crippen molar-refractivity contribution in [1.29, 1.82) is 0 Å². The predicted molar refractivity (Wildman–Crippen MR) is 60.1 cm³/mol. The van der Waals surface area contributed by atoms with Crippen molar-refractivity contribution in [2.24, 2.45) is 0 Å². The predicted octanol–water partition coefficient (Wildman–Crippen LogP) is 2.26. The molecule has 1 unspecified atom stereocenters. The first-order valence-corrected chi connectivity index (χ1v) is 6.03. The number of likely N-dealkylation sites (tertiary alicyclic amines) is 1. The van der Waals surface area contributed by atoms with E-state index in [1.54, 1.807) is 0 Å². The molecule has 1 heterocycles. The Morgan fingerprint density at radius 2 is 2.12 bits per heavy atom. The van der Waals surface area contributed by atoms with Crippen molar-refractivity contribution < 1.29 is 24.2 Å². The third-order valence-corrected chi connectivity index (χ3v) is 2.83. The van der Waals surface area contributed by atoms with Gasteiger partial charge in [-0.15, -0.1) is 0 Å². The van der Waals surface area contributed by atoms with Crippen LogP contribution < -0.4 is 0 Å². The van der Waals surface area contributed by atoms with Crippen LogP contribution in [0.3, 0.4) is 0 Å². The smallest absolute Gasteiger partial charge is 0.465 e. The van der Waals surface area contributed by atoms with E-state index in [-0.39, 0.29) is 18.7 Å². The van der Waals surface area contributed by atoms with Gasteiger partial charge in [0.25, 0.3) is 0 Å². The molecule has 0 aliphatic carbocycles. The molecule has 17 heavy (non-hydrogen) atoms. The third kappa shape index (κ3) is 4.68. The molecular formula is C10H16ClNO5. The summed E-state index contributed by atoms with van der Waals surface area (Å²) in [7, 11) is 0. The summed E-state index contributed by atoms with van der Waals surface area (Å²) < 4.78 is 9.13. The van der Waals surface area contributed by atoms with Crippen LogP contribution in [0.1, 0.15) is 25.7 Å². The van der Waals surface area contributed by atoms with E-state index in [4.69, 9.17) is 21.4 Å². The molecule has 1 aliphatic rings. The number of rotatable bonds is 4. The van der Waals surface area contributed by atoms with Crippen LogP contribution in [0.5, 0.6) is 0 Å². The summed E-state index contributed by atoms with van der Waals surface area (Å²) in [6.45, 7) is 0.691. The van der Waals surface area contributed by atoms with E-state index in [2.05, 4.69) is 4.74 Å². The Kier molecular flexibility index (Phi) is 5.90. The van der Waals surface area contributed by atoms with Gasteiger partial charge in [0.2, 0.25) is 0 Å². The van der Waals surface area contributed by atoms with Gasteiger partial charge in [0.05, 0.1) is 6.61 Å². The first kappa shape index (κ1) is 13.9. The molecule has 1 saturated heterocycles. The zero-order chi connectivity index (χ0) is 12.7. The van der Waals surface area contributed by atoms with E-state index < -0.39 is 12.2 Å². The van der Waals surface area contributed by atoms with Crippen molar-refractivity contribution in [3.63, 3.8) is 0 Å². The standard InChI is InChI=1S/C10H16ClNO5/c11-7-17-10(15)16-6-4-8-3-1-2-5-12(8)9(13)14/h8H,1-7H2,(H,13,14). The van der Waals surface area contributed by atoms with Gasteiger partial charge in [-0.3, -0.25) is 0 Å². The molecule has 1 N–H and O–H groups in total. The molecule has 0 bridgehead atoms. The van der Waals surface area contributed by atoms with E-state index in [9.17, 15) is 9.59 Å². The Morgan fingerprint density at radius 1 is 1.35 bits per heavy atom. The van der Waals surface area contributed by atoms with Gasteiger partial charge in [-0.25, -0.2) is 9.59 Å². The number of hydrogen-bond acceptors (Lipinski definition) is 4. The fourth-order valence-corrected chi connectivity index (χ4v) is 2.01. The Morgan fingerprint density at radius 3 is 2.76 bits per heavy atom. The molecule has 1 atom stereocenters. The molecule has 0 aromatic carbocycles. The fourth-order valence-electron chi connectivity index (χ4n) is 1.92. The van der Waals surface area contributed by atoms with Crippen LogP contribution in [-0.2, 0) is 9.47 Å². The highest BCUT2D eigenvalue weighted by Crippen LogP contribution is 2.19. The molecule has 0 saturated carbocycles. The Hall–Kier alpha value is -1.17. The van der Waals surface area contributed by atoms with Crippen LogP contribution in [0.25, 0.3) is 0 Å². The molecule has 1 rings (SSSR count). The van der Waals surface area contributed by atoms with E-state index >= 15 is 0 Å². The number of carboxylic acid groups (broad SMARTS) is 1. The quantitative estimate of drug-likeness (QED) is 0.623. The number of carbonyl (C=O) groups is 2. The molecule has 1 amide bonds.